The summed E-state index contributed by atoms with van der Waals surface area (Å²) < 4.78 is 11.5. The SMILES string of the molecule is CCCOc1ccc(Cl)cc1C1C2=C(CC(C)(C)CC2=O)N(CCCOC)C2=C1C(=O)CC(C)(C)C2. The van der Waals surface area contributed by atoms with Crippen molar-refractivity contribution in [2.75, 3.05) is 26.9 Å². The van der Waals surface area contributed by atoms with E-state index in [0.717, 1.165) is 60.3 Å². The normalized spacial score (nSPS) is 21.6. The number of ether oxygens (including phenoxy) is 2. The third-order valence-electron chi connectivity index (χ3n) is 7.50. The molecule has 0 saturated carbocycles. The second kappa shape index (κ2) is 10.3. The predicted octanol–water partition coefficient (Wildman–Crippen LogP) is 6.85. The number of benzene rings is 1. The van der Waals surface area contributed by atoms with Crippen LogP contribution in [-0.2, 0) is 14.3 Å². The van der Waals surface area contributed by atoms with E-state index >= 15 is 0 Å². The highest BCUT2D eigenvalue weighted by molar-refractivity contribution is 6.30. The first kappa shape index (κ1) is 26.9. The summed E-state index contributed by atoms with van der Waals surface area (Å²) in [6.07, 6.45) is 4.18. The summed E-state index contributed by atoms with van der Waals surface area (Å²) in [5, 5.41) is 0.577. The first-order chi connectivity index (χ1) is 17.0. The van der Waals surface area contributed by atoms with Crippen LogP contribution in [-0.4, -0.2) is 43.3 Å². The molecule has 1 aromatic carbocycles. The summed E-state index contributed by atoms with van der Waals surface area (Å²) in [5.41, 5.74) is 4.15. The summed E-state index contributed by atoms with van der Waals surface area (Å²) in [5.74, 6) is 0.488. The molecular formula is C30H40ClNO4. The number of ketones is 2. The molecule has 0 atom stereocenters. The highest BCUT2D eigenvalue weighted by atomic mass is 35.5. The molecule has 3 aliphatic rings. The van der Waals surface area contributed by atoms with Gasteiger partial charge in [-0.2, -0.15) is 0 Å². The van der Waals surface area contributed by atoms with Gasteiger partial charge in [-0.3, -0.25) is 9.59 Å². The molecule has 0 aromatic heterocycles. The van der Waals surface area contributed by atoms with Crippen molar-refractivity contribution in [3.63, 3.8) is 0 Å². The Kier molecular flexibility index (Phi) is 7.73. The standard InChI is InChI=1S/C30H40ClNO4/c1-7-12-36-25-10-9-19(31)14-20(25)26-27-21(15-29(2,3)17-23(27)33)32(11-8-13-35-6)22-16-30(4,5)18-24(34)28(22)26/h9-10,14,26H,7-8,11-13,15-18H2,1-6H3. The van der Waals surface area contributed by atoms with Crippen molar-refractivity contribution in [1.82, 2.24) is 4.90 Å². The Balaban J connectivity index is 1.98. The number of rotatable bonds is 8. The minimum absolute atomic E-state index is 0.119. The van der Waals surface area contributed by atoms with E-state index in [1.165, 1.54) is 0 Å². The first-order valence-electron chi connectivity index (χ1n) is 13.2. The lowest BCUT2D eigenvalue weighted by molar-refractivity contribution is -0.119. The Labute approximate surface area is 220 Å². The minimum Gasteiger partial charge on any atom is -0.493 e. The van der Waals surface area contributed by atoms with Crippen LogP contribution in [0.4, 0.5) is 0 Å². The number of Topliss-reactive ketones (excluding diaryl/α,β-unsaturated/α-hetero) is 2. The minimum atomic E-state index is -0.452. The summed E-state index contributed by atoms with van der Waals surface area (Å²) in [4.78, 5) is 30.1. The van der Waals surface area contributed by atoms with Crippen molar-refractivity contribution in [2.24, 2.45) is 10.8 Å². The third-order valence-corrected chi connectivity index (χ3v) is 7.73. The summed E-state index contributed by atoms with van der Waals surface area (Å²) in [6.45, 7) is 12.6. The molecule has 0 N–H and O–H groups in total. The van der Waals surface area contributed by atoms with Crippen LogP contribution in [0.1, 0.15) is 84.6 Å². The number of carbonyl (C=O) groups is 2. The second-order valence-corrected chi connectivity index (χ2v) is 12.5. The molecule has 4 rings (SSSR count). The molecule has 0 unspecified atom stereocenters. The number of allylic oxidation sites excluding steroid dienone is 4. The predicted molar refractivity (Wildman–Crippen MR) is 143 cm³/mol. The number of hydrogen-bond acceptors (Lipinski definition) is 5. The maximum Gasteiger partial charge on any atom is 0.162 e. The molecule has 36 heavy (non-hydrogen) atoms. The molecule has 0 fully saturated rings. The monoisotopic (exact) mass is 513 g/mol. The Morgan fingerprint density at radius 2 is 1.53 bits per heavy atom. The zero-order chi connectivity index (χ0) is 26.3. The maximum atomic E-state index is 13.9. The van der Waals surface area contributed by atoms with Gasteiger partial charge in [0.25, 0.3) is 0 Å². The van der Waals surface area contributed by atoms with E-state index in [-0.39, 0.29) is 22.4 Å². The molecule has 6 heteroatoms. The molecule has 0 bridgehead atoms. The lowest BCUT2D eigenvalue weighted by Crippen LogP contribution is -2.45. The van der Waals surface area contributed by atoms with Gasteiger partial charge in [0.15, 0.2) is 11.6 Å². The van der Waals surface area contributed by atoms with Crippen LogP contribution in [0.2, 0.25) is 5.02 Å². The van der Waals surface area contributed by atoms with Gasteiger partial charge in [0, 0.05) is 72.1 Å². The molecule has 1 heterocycles. The highest BCUT2D eigenvalue weighted by Gasteiger charge is 2.49. The van der Waals surface area contributed by atoms with Crippen molar-refractivity contribution in [2.45, 2.75) is 79.1 Å². The van der Waals surface area contributed by atoms with Crippen LogP contribution in [0, 0.1) is 10.8 Å². The second-order valence-electron chi connectivity index (χ2n) is 12.1. The number of carbonyl (C=O) groups excluding carboxylic acids is 2. The van der Waals surface area contributed by atoms with Crippen LogP contribution >= 0.6 is 11.6 Å². The molecule has 1 aromatic rings. The van der Waals surface area contributed by atoms with E-state index in [1.54, 1.807) is 7.11 Å². The van der Waals surface area contributed by atoms with Gasteiger partial charge in [-0.1, -0.05) is 46.2 Å². The largest absolute Gasteiger partial charge is 0.493 e. The van der Waals surface area contributed by atoms with Crippen molar-refractivity contribution in [1.29, 1.82) is 0 Å². The van der Waals surface area contributed by atoms with Crippen LogP contribution in [0.15, 0.2) is 40.7 Å². The van der Waals surface area contributed by atoms with Gasteiger partial charge in [0.1, 0.15) is 5.75 Å². The molecule has 0 radical (unpaired) electrons. The topological polar surface area (TPSA) is 55.8 Å². The number of halogens is 1. The molecule has 1 aliphatic heterocycles. The van der Waals surface area contributed by atoms with Gasteiger partial charge in [-0.15, -0.1) is 0 Å². The van der Waals surface area contributed by atoms with E-state index < -0.39 is 5.92 Å². The summed E-state index contributed by atoms with van der Waals surface area (Å²) in [7, 11) is 1.71. The highest BCUT2D eigenvalue weighted by Crippen LogP contribution is 2.55. The van der Waals surface area contributed by atoms with E-state index in [2.05, 4.69) is 39.5 Å². The van der Waals surface area contributed by atoms with Crippen molar-refractivity contribution in [3.8, 4) is 5.75 Å². The molecule has 0 amide bonds. The molecule has 5 nitrogen and oxygen atoms in total. The molecule has 0 spiro atoms. The van der Waals surface area contributed by atoms with Crippen molar-refractivity contribution in [3.05, 3.63) is 51.3 Å². The fourth-order valence-corrected chi connectivity index (χ4v) is 6.26. The van der Waals surface area contributed by atoms with Crippen molar-refractivity contribution >= 4 is 23.2 Å². The third kappa shape index (κ3) is 5.28. The lowest BCUT2D eigenvalue weighted by atomic mass is 9.63. The Morgan fingerprint density at radius 3 is 2.06 bits per heavy atom. The number of nitrogens with zero attached hydrogens (tertiary/aromatic N) is 1. The van der Waals surface area contributed by atoms with Gasteiger partial charge in [0.05, 0.1) is 6.61 Å². The number of hydrogen-bond donors (Lipinski definition) is 0. The average molecular weight is 514 g/mol. The molecule has 0 saturated heterocycles. The van der Waals surface area contributed by atoms with Gasteiger partial charge < -0.3 is 14.4 Å². The summed E-state index contributed by atoms with van der Waals surface area (Å²) in [6, 6.07) is 5.60. The Bertz CT molecular complexity index is 1060. The molecule has 196 valence electrons. The number of methoxy groups -OCH3 is 1. The van der Waals surface area contributed by atoms with Gasteiger partial charge in [-0.05, 0) is 54.7 Å². The van der Waals surface area contributed by atoms with Gasteiger partial charge in [-0.25, -0.2) is 0 Å². The van der Waals surface area contributed by atoms with Crippen molar-refractivity contribution < 1.29 is 19.1 Å². The quantitative estimate of drug-likeness (QED) is 0.356. The van der Waals surface area contributed by atoms with Gasteiger partial charge >= 0.3 is 0 Å². The smallest absolute Gasteiger partial charge is 0.162 e. The van der Waals surface area contributed by atoms with Gasteiger partial charge in [0.2, 0.25) is 0 Å². The summed E-state index contributed by atoms with van der Waals surface area (Å²) >= 11 is 6.52. The van der Waals surface area contributed by atoms with Crippen LogP contribution in [0.3, 0.4) is 0 Å². The van der Waals surface area contributed by atoms with Crippen LogP contribution < -0.4 is 4.74 Å². The van der Waals surface area contributed by atoms with Crippen LogP contribution in [0.25, 0.3) is 0 Å². The van der Waals surface area contributed by atoms with E-state index in [1.807, 2.05) is 18.2 Å². The first-order valence-corrected chi connectivity index (χ1v) is 13.6. The van der Waals surface area contributed by atoms with E-state index in [0.29, 0.717) is 36.8 Å². The zero-order valence-corrected chi connectivity index (χ0v) is 23.4. The zero-order valence-electron chi connectivity index (χ0n) is 22.6. The average Bonchev–Trinajstić information content (AvgIpc) is 2.77. The molecule has 2 aliphatic carbocycles. The van der Waals surface area contributed by atoms with E-state index in [9.17, 15) is 9.59 Å². The maximum absolute atomic E-state index is 13.9. The fraction of sp³-hybridized carbons (Fsp3) is 0.600. The Hall–Kier alpha value is -2.11. The lowest BCUT2D eigenvalue weighted by Gasteiger charge is -2.49. The van der Waals surface area contributed by atoms with E-state index in [4.69, 9.17) is 21.1 Å². The molecular weight excluding hydrogens is 474 g/mol. The fourth-order valence-electron chi connectivity index (χ4n) is 6.08. The Morgan fingerprint density at radius 1 is 0.944 bits per heavy atom. The van der Waals surface area contributed by atoms with Crippen LogP contribution in [0.5, 0.6) is 5.75 Å².